The van der Waals surface area contributed by atoms with Crippen molar-refractivity contribution in [3.8, 4) is 0 Å². The molecule has 1 unspecified atom stereocenters. The Morgan fingerprint density at radius 2 is 2.24 bits per heavy atom. The number of likely N-dealkylation sites (N-methyl/N-ethyl adjacent to an activating group) is 1. The van der Waals surface area contributed by atoms with Crippen molar-refractivity contribution in [1.29, 1.82) is 0 Å². The molecule has 1 aromatic heterocycles. The van der Waals surface area contributed by atoms with E-state index in [1.807, 2.05) is 13.1 Å². The topological polar surface area (TPSA) is 58.3 Å². The molecule has 0 spiro atoms. The highest BCUT2D eigenvalue weighted by Gasteiger charge is 2.23. The van der Waals surface area contributed by atoms with Crippen molar-refractivity contribution in [3.63, 3.8) is 0 Å². The predicted octanol–water partition coefficient (Wildman–Crippen LogP) is 0.384. The molecule has 17 heavy (non-hydrogen) atoms. The first-order valence-electron chi connectivity index (χ1n) is 6.09. The lowest BCUT2D eigenvalue weighted by Crippen LogP contribution is -2.51. The molecule has 2 rings (SSSR count). The average molecular weight is 235 g/mol. The maximum atomic E-state index is 5.62. The van der Waals surface area contributed by atoms with Crippen LogP contribution in [0.15, 0.2) is 6.20 Å². The van der Waals surface area contributed by atoms with E-state index < -0.39 is 0 Å². The van der Waals surface area contributed by atoms with Gasteiger partial charge in [-0.1, -0.05) is 0 Å². The Morgan fingerprint density at radius 3 is 2.82 bits per heavy atom. The highest BCUT2D eigenvalue weighted by Crippen LogP contribution is 2.16. The fraction of sp³-hybridized carbons (Fsp3) is 0.667. The molecule has 0 saturated carbocycles. The molecule has 1 fully saturated rings. The second kappa shape index (κ2) is 4.98. The Hall–Kier alpha value is -1.20. The van der Waals surface area contributed by atoms with Gasteiger partial charge in [-0.2, -0.15) is 0 Å². The lowest BCUT2D eigenvalue weighted by molar-refractivity contribution is 0.273. The zero-order valence-electron chi connectivity index (χ0n) is 10.8. The summed E-state index contributed by atoms with van der Waals surface area (Å²) in [6.45, 7) is 7.81. The van der Waals surface area contributed by atoms with Gasteiger partial charge in [0.2, 0.25) is 5.95 Å². The van der Waals surface area contributed by atoms with Crippen molar-refractivity contribution in [3.05, 3.63) is 17.5 Å². The number of hydrogen-bond acceptors (Lipinski definition) is 5. The zero-order chi connectivity index (χ0) is 12.4. The summed E-state index contributed by atoms with van der Waals surface area (Å²) < 4.78 is 0. The molecule has 1 atom stereocenters. The molecule has 2 N–H and O–H groups in total. The molecule has 0 bridgehead atoms. The molecule has 0 aliphatic carbocycles. The van der Waals surface area contributed by atoms with Crippen LogP contribution in [0.1, 0.15) is 18.2 Å². The van der Waals surface area contributed by atoms with Crippen LogP contribution >= 0.6 is 0 Å². The Kier molecular flexibility index (Phi) is 3.59. The summed E-state index contributed by atoms with van der Waals surface area (Å²) in [5.41, 5.74) is 7.64. The van der Waals surface area contributed by atoms with E-state index in [1.54, 1.807) is 0 Å². The Bertz CT molecular complexity index is 392. The van der Waals surface area contributed by atoms with Crippen molar-refractivity contribution >= 4 is 5.95 Å². The van der Waals surface area contributed by atoms with Gasteiger partial charge in [-0.3, -0.25) is 0 Å². The van der Waals surface area contributed by atoms with Crippen LogP contribution < -0.4 is 10.6 Å². The van der Waals surface area contributed by atoms with Gasteiger partial charge in [-0.15, -0.1) is 0 Å². The first-order valence-corrected chi connectivity index (χ1v) is 6.09. The maximum Gasteiger partial charge on any atom is 0.225 e. The fourth-order valence-corrected chi connectivity index (χ4v) is 2.26. The monoisotopic (exact) mass is 235 g/mol. The van der Waals surface area contributed by atoms with E-state index in [9.17, 15) is 0 Å². The van der Waals surface area contributed by atoms with Crippen LogP contribution in [0.25, 0.3) is 0 Å². The van der Waals surface area contributed by atoms with Crippen LogP contribution in [0.4, 0.5) is 5.95 Å². The quantitative estimate of drug-likeness (QED) is 0.803. The van der Waals surface area contributed by atoms with Crippen LogP contribution in [0.3, 0.4) is 0 Å². The molecule has 1 saturated heterocycles. The molecule has 5 nitrogen and oxygen atoms in total. The molecule has 1 aromatic rings. The summed E-state index contributed by atoms with van der Waals surface area (Å²) in [5, 5.41) is 0. The van der Waals surface area contributed by atoms with Gasteiger partial charge in [0.05, 0.1) is 0 Å². The van der Waals surface area contributed by atoms with E-state index in [1.165, 1.54) is 0 Å². The lowest BCUT2D eigenvalue weighted by Gasteiger charge is -2.38. The largest absolute Gasteiger partial charge is 0.336 e. The molecule has 5 heteroatoms. The zero-order valence-corrected chi connectivity index (χ0v) is 10.8. The molecule has 1 aliphatic heterocycles. The Morgan fingerprint density at radius 1 is 1.47 bits per heavy atom. The highest BCUT2D eigenvalue weighted by atomic mass is 15.3. The number of rotatable bonds is 2. The fourth-order valence-electron chi connectivity index (χ4n) is 2.26. The standard InChI is InChI=1S/C12H21N5/c1-9-8-16(3)4-5-17(9)12-14-7-11(6-13)10(2)15-12/h7,9H,4-6,8,13H2,1-3H3. The highest BCUT2D eigenvalue weighted by molar-refractivity contribution is 5.35. The number of anilines is 1. The molecule has 0 amide bonds. The van der Waals surface area contributed by atoms with Crippen LogP contribution in [0.2, 0.25) is 0 Å². The molecule has 94 valence electrons. The first-order chi connectivity index (χ1) is 8.11. The van der Waals surface area contributed by atoms with Crippen LogP contribution in [0, 0.1) is 6.92 Å². The maximum absolute atomic E-state index is 5.62. The summed E-state index contributed by atoms with van der Waals surface area (Å²) in [5.74, 6) is 0.834. The minimum atomic E-state index is 0.455. The second-order valence-corrected chi connectivity index (χ2v) is 4.79. The third kappa shape index (κ3) is 2.56. The molecule has 2 heterocycles. The number of nitrogens with two attached hydrogens (primary N) is 1. The average Bonchev–Trinajstić information content (AvgIpc) is 2.29. The molecular weight excluding hydrogens is 214 g/mol. The number of aryl methyl sites for hydroxylation is 1. The lowest BCUT2D eigenvalue weighted by atomic mass is 10.2. The number of piperazine rings is 1. The Labute approximate surface area is 103 Å². The van der Waals surface area contributed by atoms with Gasteiger partial charge in [0.25, 0.3) is 0 Å². The van der Waals surface area contributed by atoms with Gasteiger partial charge in [0.1, 0.15) is 0 Å². The summed E-state index contributed by atoms with van der Waals surface area (Å²) in [6, 6.07) is 0.455. The van der Waals surface area contributed by atoms with E-state index in [4.69, 9.17) is 5.73 Å². The third-order valence-corrected chi connectivity index (χ3v) is 3.38. The van der Waals surface area contributed by atoms with Crippen molar-refractivity contribution in [2.24, 2.45) is 5.73 Å². The Balaban J connectivity index is 2.19. The van der Waals surface area contributed by atoms with Crippen LogP contribution in [-0.2, 0) is 6.54 Å². The third-order valence-electron chi connectivity index (χ3n) is 3.38. The van der Waals surface area contributed by atoms with Crippen LogP contribution in [0.5, 0.6) is 0 Å². The summed E-state index contributed by atoms with van der Waals surface area (Å²) in [6.07, 6.45) is 1.85. The number of nitrogens with zero attached hydrogens (tertiary/aromatic N) is 4. The summed E-state index contributed by atoms with van der Waals surface area (Å²) >= 11 is 0. The van der Waals surface area contributed by atoms with E-state index in [0.29, 0.717) is 12.6 Å². The normalized spacial score (nSPS) is 21.9. The van der Waals surface area contributed by atoms with Crippen LogP contribution in [-0.4, -0.2) is 47.6 Å². The van der Waals surface area contributed by atoms with Crippen molar-refractivity contribution in [2.75, 3.05) is 31.6 Å². The van der Waals surface area contributed by atoms with Gasteiger partial charge >= 0.3 is 0 Å². The smallest absolute Gasteiger partial charge is 0.225 e. The van der Waals surface area contributed by atoms with E-state index in [2.05, 4.69) is 33.7 Å². The molecular formula is C12H21N5. The van der Waals surface area contributed by atoms with Gasteiger partial charge in [-0.25, -0.2) is 9.97 Å². The van der Waals surface area contributed by atoms with Crippen molar-refractivity contribution in [2.45, 2.75) is 26.4 Å². The van der Waals surface area contributed by atoms with Crippen molar-refractivity contribution in [1.82, 2.24) is 14.9 Å². The minimum absolute atomic E-state index is 0.455. The first kappa shape index (κ1) is 12.3. The SMILES string of the molecule is Cc1nc(N2CCN(C)CC2C)ncc1CN. The summed E-state index contributed by atoms with van der Waals surface area (Å²) in [4.78, 5) is 13.6. The van der Waals surface area contributed by atoms with E-state index in [-0.39, 0.29) is 0 Å². The predicted molar refractivity (Wildman–Crippen MR) is 69.0 cm³/mol. The van der Waals surface area contributed by atoms with Crippen molar-refractivity contribution < 1.29 is 0 Å². The molecule has 0 aromatic carbocycles. The van der Waals surface area contributed by atoms with E-state index in [0.717, 1.165) is 36.8 Å². The summed E-state index contributed by atoms with van der Waals surface area (Å²) in [7, 11) is 2.15. The second-order valence-electron chi connectivity index (χ2n) is 4.79. The number of aromatic nitrogens is 2. The molecule has 1 aliphatic rings. The van der Waals surface area contributed by atoms with Gasteiger partial charge in [0, 0.05) is 49.7 Å². The van der Waals surface area contributed by atoms with Gasteiger partial charge in [-0.05, 0) is 20.9 Å². The molecule has 0 radical (unpaired) electrons. The van der Waals surface area contributed by atoms with Gasteiger partial charge in [0.15, 0.2) is 0 Å². The minimum Gasteiger partial charge on any atom is -0.336 e. The van der Waals surface area contributed by atoms with Gasteiger partial charge < -0.3 is 15.5 Å². The van der Waals surface area contributed by atoms with E-state index >= 15 is 0 Å². The number of hydrogen-bond donors (Lipinski definition) is 1.